The predicted molar refractivity (Wildman–Crippen MR) is 80.2 cm³/mol. The second-order valence-electron chi connectivity index (χ2n) is 6.03. The molecule has 1 aliphatic rings. The number of carboxylic acid groups (broad SMARTS) is 1. The third kappa shape index (κ3) is 3.63. The second kappa shape index (κ2) is 6.93. The minimum Gasteiger partial charge on any atom is -0.477 e. The van der Waals surface area contributed by atoms with Crippen molar-refractivity contribution in [2.75, 3.05) is 19.6 Å². The minimum absolute atomic E-state index is 0.342. The summed E-state index contributed by atoms with van der Waals surface area (Å²) in [5.41, 5.74) is 0.419. The molecule has 0 radical (unpaired) electrons. The van der Waals surface area contributed by atoms with E-state index in [1.54, 1.807) is 6.07 Å². The molecule has 1 saturated heterocycles. The zero-order valence-corrected chi connectivity index (χ0v) is 12.6. The van der Waals surface area contributed by atoms with Crippen LogP contribution in [0.25, 0.3) is 0 Å². The summed E-state index contributed by atoms with van der Waals surface area (Å²) in [6.45, 7) is 7.90. The number of nitrogens with zero attached hydrogens (tertiary/aromatic N) is 2. The van der Waals surface area contributed by atoms with E-state index in [4.69, 9.17) is 0 Å². The van der Waals surface area contributed by atoms with Crippen LogP contribution in [-0.4, -0.2) is 40.2 Å². The van der Waals surface area contributed by atoms with Crippen LogP contribution in [0.3, 0.4) is 0 Å². The number of piperidine rings is 1. The molecule has 4 nitrogen and oxygen atoms in total. The molecule has 2 heterocycles. The van der Waals surface area contributed by atoms with E-state index in [9.17, 15) is 9.90 Å². The number of likely N-dealkylation sites (tertiary alicyclic amines) is 1. The van der Waals surface area contributed by atoms with Crippen LogP contribution >= 0.6 is 0 Å². The molecule has 1 atom stereocenters. The number of carboxylic acids is 1. The third-order valence-corrected chi connectivity index (χ3v) is 4.30. The molecule has 1 aromatic heterocycles. The lowest BCUT2D eigenvalue weighted by Crippen LogP contribution is -2.37. The molecule has 0 amide bonds. The van der Waals surface area contributed by atoms with Crippen molar-refractivity contribution >= 4 is 5.97 Å². The number of hydrogen-bond donors (Lipinski definition) is 1. The normalized spacial score (nSPS) is 19.1. The second-order valence-corrected chi connectivity index (χ2v) is 6.03. The summed E-state index contributed by atoms with van der Waals surface area (Å²) in [4.78, 5) is 13.7. The van der Waals surface area contributed by atoms with E-state index in [-0.39, 0.29) is 0 Å². The van der Waals surface area contributed by atoms with Crippen molar-refractivity contribution in [3.8, 4) is 0 Å². The van der Waals surface area contributed by atoms with Crippen LogP contribution in [0, 0.1) is 5.92 Å². The van der Waals surface area contributed by atoms with E-state index >= 15 is 0 Å². The minimum atomic E-state index is -0.825. The lowest BCUT2D eigenvalue weighted by atomic mass is 10.0. The highest BCUT2D eigenvalue weighted by Crippen LogP contribution is 2.25. The van der Waals surface area contributed by atoms with E-state index < -0.39 is 5.97 Å². The van der Waals surface area contributed by atoms with Gasteiger partial charge in [-0.15, -0.1) is 0 Å². The average molecular weight is 278 g/mol. The van der Waals surface area contributed by atoms with Gasteiger partial charge in [-0.25, -0.2) is 4.79 Å². The molecule has 1 unspecified atom stereocenters. The Hall–Kier alpha value is -1.29. The first-order valence-electron chi connectivity index (χ1n) is 7.74. The van der Waals surface area contributed by atoms with Crippen molar-refractivity contribution in [1.29, 1.82) is 0 Å². The molecule has 20 heavy (non-hydrogen) atoms. The van der Waals surface area contributed by atoms with Gasteiger partial charge in [-0.05, 0) is 37.3 Å². The van der Waals surface area contributed by atoms with Crippen molar-refractivity contribution in [2.24, 2.45) is 5.92 Å². The van der Waals surface area contributed by atoms with Crippen molar-refractivity contribution < 1.29 is 9.90 Å². The van der Waals surface area contributed by atoms with Crippen LogP contribution in [0.2, 0.25) is 0 Å². The number of carbonyl (C=O) groups is 1. The van der Waals surface area contributed by atoms with Gasteiger partial charge in [-0.3, -0.25) is 0 Å². The Balaban J connectivity index is 1.88. The Morgan fingerprint density at radius 1 is 1.45 bits per heavy atom. The molecule has 0 bridgehead atoms. The highest BCUT2D eigenvalue weighted by molar-refractivity contribution is 5.85. The predicted octanol–water partition coefficient (Wildman–Crippen LogP) is 3.26. The van der Waals surface area contributed by atoms with Gasteiger partial charge in [0.1, 0.15) is 5.69 Å². The fourth-order valence-corrected chi connectivity index (χ4v) is 3.30. The first-order chi connectivity index (χ1) is 9.61. The van der Waals surface area contributed by atoms with Crippen molar-refractivity contribution in [2.45, 2.75) is 45.6 Å². The first-order valence-corrected chi connectivity index (χ1v) is 7.74. The third-order valence-electron chi connectivity index (χ3n) is 4.30. The smallest absolute Gasteiger partial charge is 0.352 e. The zero-order valence-electron chi connectivity index (χ0n) is 12.6. The summed E-state index contributed by atoms with van der Waals surface area (Å²) >= 11 is 0. The number of hydrogen-bond acceptors (Lipinski definition) is 2. The molecular formula is C16H26N2O2. The molecule has 112 valence electrons. The molecular weight excluding hydrogens is 252 g/mol. The Morgan fingerprint density at radius 2 is 2.15 bits per heavy atom. The fraction of sp³-hybridized carbons (Fsp3) is 0.688. The van der Waals surface area contributed by atoms with E-state index in [0.29, 0.717) is 11.7 Å². The molecule has 2 rings (SSSR count). The van der Waals surface area contributed by atoms with Gasteiger partial charge in [-0.2, -0.15) is 0 Å². The zero-order chi connectivity index (χ0) is 14.5. The standard InChI is InChI=1S/C16H26N2O2/c1-3-5-13(2)12-17-10-7-14(8-11-17)18-9-4-6-15(18)16(19)20/h4,6,9,13-14H,3,5,7-8,10-12H2,1-2H3,(H,19,20). The summed E-state index contributed by atoms with van der Waals surface area (Å²) in [6.07, 6.45) is 6.55. The Bertz CT molecular complexity index is 433. The molecule has 0 saturated carbocycles. The van der Waals surface area contributed by atoms with Crippen LogP contribution in [0.5, 0.6) is 0 Å². The maximum absolute atomic E-state index is 11.2. The van der Waals surface area contributed by atoms with Crippen molar-refractivity contribution in [3.63, 3.8) is 0 Å². The van der Waals surface area contributed by atoms with Crippen LogP contribution in [0.1, 0.15) is 56.1 Å². The van der Waals surface area contributed by atoms with Gasteiger partial charge in [-0.1, -0.05) is 20.3 Å². The average Bonchev–Trinajstić information content (AvgIpc) is 2.89. The SMILES string of the molecule is CCCC(C)CN1CCC(n2cccc2C(=O)O)CC1. The number of aromatic carboxylic acids is 1. The highest BCUT2D eigenvalue weighted by Gasteiger charge is 2.23. The monoisotopic (exact) mass is 278 g/mol. The molecule has 0 aliphatic carbocycles. The van der Waals surface area contributed by atoms with E-state index in [2.05, 4.69) is 18.7 Å². The Kier molecular flexibility index (Phi) is 5.24. The molecule has 1 aromatic rings. The summed E-state index contributed by atoms with van der Waals surface area (Å²) in [5, 5.41) is 9.18. The van der Waals surface area contributed by atoms with Gasteiger partial charge in [0.2, 0.25) is 0 Å². The van der Waals surface area contributed by atoms with Crippen LogP contribution in [-0.2, 0) is 0 Å². The molecule has 1 fully saturated rings. The van der Waals surface area contributed by atoms with Gasteiger partial charge in [0.05, 0.1) is 0 Å². The van der Waals surface area contributed by atoms with Crippen LogP contribution in [0.4, 0.5) is 0 Å². The van der Waals surface area contributed by atoms with Gasteiger partial charge in [0.15, 0.2) is 0 Å². The first kappa shape index (κ1) is 15.1. The van der Waals surface area contributed by atoms with E-state index in [1.807, 2.05) is 16.8 Å². The number of aromatic nitrogens is 1. The number of rotatable bonds is 6. The van der Waals surface area contributed by atoms with Crippen molar-refractivity contribution in [1.82, 2.24) is 9.47 Å². The van der Waals surface area contributed by atoms with Crippen LogP contribution < -0.4 is 0 Å². The summed E-state index contributed by atoms with van der Waals surface area (Å²) in [6, 6.07) is 3.87. The molecule has 0 spiro atoms. The molecule has 1 aliphatic heterocycles. The molecule has 0 aromatic carbocycles. The summed E-state index contributed by atoms with van der Waals surface area (Å²) in [5.74, 6) is -0.0632. The molecule has 4 heteroatoms. The largest absolute Gasteiger partial charge is 0.477 e. The topological polar surface area (TPSA) is 45.5 Å². The fourth-order valence-electron chi connectivity index (χ4n) is 3.30. The summed E-state index contributed by atoms with van der Waals surface area (Å²) in [7, 11) is 0. The van der Waals surface area contributed by atoms with Gasteiger partial charge in [0.25, 0.3) is 0 Å². The van der Waals surface area contributed by atoms with Gasteiger partial charge in [0, 0.05) is 31.9 Å². The Labute approximate surface area is 121 Å². The quantitative estimate of drug-likeness (QED) is 0.868. The van der Waals surface area contributed by atoms with E-state index in [1.165, 1.54) is 19.4 Å². The van der Waals surface area contributed by atoms with Gasteiger partial charge < -0.3 is 14.6 Å². The highest BCUT2D eigenvalue weighted by atomic mass is 16.4. The lowest BCUT2D eigenvalue weighted by molar-refractivity contribution is 0.0677. The van der Waals surface area contributed by atoms with Gasteiger partial charge >= 0.3 is 5.97 Å². The molecule has 1 N–H and O–H groups in total. The van der Waals surface area contributed by atoms with Crippen LogP contribution in [0.15, 0.2) is 18.3 Å². The summed E-state index contributed by atoms with van der Waals surface area (Å²) < 4.78 is 1.94. The van der Waals surface area contributed by atoms with E-state index in [0.717, 1.165) is 31.8 Å². The maximum Gasteiger partial charge on any atom is 0.352 e. The lowest BCUT2D eigenvalue weighted by Gasteiger charge is -2.34. The Morgan fingerprint density at radius 3 is 2.75 bits per heavy atom. The van der Waals surface area contributed by atoms with Crippen molar-refractivity contribution in [3.05, 3.63) is 24.0 Å². The maximum atomic E-state index is 11.2.